The lowest BCUT2D eigenvalue weighted by atomic mass is 9.95. The van der Waals surface area contributed by atoms with Gasteiger partial charge in [0.05, 0.1) is 5.92 Å². The first-order chi connectivity index (χ1) is 7.68. The van der Waals surface area contributed by atoms with Gasteiger partial charge in [0.1, 0.15) is 0 Å². The van der Waals surface area contributed by atoms with Gasteiger partial charge in [0, 0.05) is 18.3 Å². The Morgan fingerprint density at radius 1 is 1.50 bits per heavy atom. The topological polar surface area (TPSA) is 40.5 Å². The molecule has 0 aliphatic carbocycles. The lowest BCUT2D eigenvalue weighted by molar-refractivity contribution is -0.141. The molecule has 0 amide bonds. The van der Waals surface area contributed by atoms with Crippen molar-refractivity contribution >= 4 is 11.7 Å². The average molecular weight is 217 g/mol. The van der Waals surface area contributed by atoms with E-state index in [1.807, 2.05) is 0 Å². The van der Waals surface area contributed by atoms with E-state index in [1.54, 1.807) is 0 Å². The molecule has 1 saturated heterocycles. The Bertz CT molecular complexity index is 455. The number of aryl methyl sites for hydroxylation is 1. The monoisotopic (exact) mass is 217 g/mol. The first kappa shape index (κ1) is 9.70. The highest BCUT2D eigenvalue weighted by atomic mass is 16.4. The Balaban J connectivity index is 2.00. The van der Waals surface area contributed by atoms with Gasteiger partial charge in [-0.2, -0.15) is 0 Å². The SMILES string of the molecule is Cc1cccc2c1CC1C(C(=O)O)CCN21. The number of carboxylic acid groups (broad SMARTS) is 1. The van der Waals surface area contributed by atoms with Crippen LogP contribution in [0.4, 0.5) is 5.69 Å². The van der Waals surface area contributed by atoms with Crippen molar-refractivity contribution < 1.29 is 9.90 Å². The van der Waals surface area contributed by atoms with Gasteiger partial charge in [-0.25, -0.2) is 0 Å². The molecule has 1 aromatic carbocycles. The number of nitrogens with zero attached hydrogens (tertiary/aromatic N) is 1. The zero-order valence-electron chi connectivity index (χ0n) is 9.31. The minimum absolute atomic E-state index is 0.188. The van der Waals surface area contributed by atoms with Crippen LogP contribution in [0, 0.1) is 12.8 Å². The number of aliphatic carboxylic acids is 1. The third-order valence-electron chi connectivity index (χ3n) is 3.97. The molecule has 1 N–H and O–H groups in total. The van der Waals surface area contributed by atoms with Gasteiger partial charge in [-0.05, 0) is 37.0 Å². The summed E-state index contributed by atoms with van der Waals surface area (Å²) >= 11 is 0. The number of fused-ring (bicyclic) bond motifs is 3. The lowest BCUT2D eigenvalue weighted by Crippen LogP contribution is -2.32. The Morgan fingerprint density at radius 2 is 2.31 bits per heavy atom. The van der Waals surface area contributed by atoms with Gasteiger partial charge in [0.25, 0.3) is 0 Å². The summed E-state index contributed by atoms with van der Waals surface area (Å²) in [6.07, 6.45) is 1.69. The molecule has 84 valence electrons. The molecule has 1 aromatic rings. The quantitative estimate of drug-likeness (QED) is 0.780. The van der Waals surface area contributed by atoms with E-state index in [0.29, 0.717) is 0 Å². The molecular weight excluding hydrogens is 202 g/mol. The van der Waals surface area contributed by atoms with Crippen molar-refractivity contribution in [3.05, 3.63) is 29.3 Å². The summed E-state index contributed by atoms with van der Waals surface area (Å²) < 4.78 is 0. The van der Waals surface area contributed by atoms with E-state index in [0.717, 1.165) is 19.4 Å². The molecule has 2 atom stereocenters. The first-order valence-corrected chi connectivity index (χ1v) is 5.76. The molecule has 16 heavy (non-hydrogen) atoms. The first-order valence-electron chi connectivity index (χ1n) is 5.76. The highest BCUT2D eigenvalue weighted by Gasteiger charge is 2.43. The van der Waals surface area contributed by atoms with Gasteiger partial charge in [-0.15, -0.1) is 0 Å². The molecule has 2 heterocycles. The van der Waals surface area contributed by atoms with Gasteiger partial charge < -0.3 is 10.0 Å². The molecule has 0 spiro atoms. The van der Waals surface area contributed by atoms with Crippen molar-refractivity contribution in [1.29, 1.82) is 0 Å². The minimum Gasteiger partial charge on any atom is -0.481 e. The van der Waals surface area contributed by atoms with Crippen LogP contribution in [0.25, 0.3) is 0 Å². The van der Waals surface area contributed by atoms with Crippen molar-refractivity contribution in [1.82, 2.24) is 0 Å². The molecule has 3 rings (SSSR count). The molecule has 2 aliphatic heterocycles. The number of hydrogen-bond acceptors (Lipinski definition) is 2. The lowest BCUT2D eigenvalue weighted by Gasteiger charge is -2.20. The summed E-state index contributed by atoms with van der Waals surface area (Å²) in [6.45, 7) is 2.99. The van der Waals surface area contributed by atoms with Crippen LogP contribution < -0.4 is 4.90 Å². The Kier molecular flexibility index (Phi) is 1.96. The number of benzene rings is 1. The molecule has 0 saturated carbocycles. The minimum atomic E-state index is -0.641. The van der Waals surface area contributed by atoms with E-state index in [9.17, 15) is 9.90 Å². The van der Waals surface area contributed by atoms with Crippen LogP contribution in [-0.4, -0.2) is 23.7 Å². The van der Waals surface area contributed by atoms with E-state index in [-0.39, 0.29) is 12.0 Å². The number of hydrogen-bond donors (Lipinski definition) is 1. The van der Waals surface area contributed by atoms with Crippen molar-refractivity contribution in [2.75, 3.05) is 11.4 Å². The second kappa shape index (κ2) is 3.24. The molecule has 2 unspecified atom stereocenters. The fraction of sp³-hybridized carbons (Fsp3) is 0.462. The fourth-order valence-electron chi connectivity index (χ4n) is 3.12. The highest BCUT2D eigenvalue weighted by Crippen LogP contribution is 2.41. The Morgan fingerprint density at radius 3 is 3.06 bits per heavy atom. The highest BCUT2D eigenvalue weighted by molar-refractivity contribution is 5.75. The summed E-state index contributed by atoms with van der Waals surface area (Å²) in [6, 6.07) is 6.47. The van der Waals surface area contributed by atoms with Crippen molar-refractivity contribution in [2.24, 2.45) is 5.92 Å². The Hall–Kier alpha value is -1.51. The van der Waals surface area contributed by atoms with E-state index in [2.05, 4.69) is 30.0 Å². The van der Waals surface area contributed by atoms with Crippen LogP contribution in [0.1, 0.15) is 17.5 Å². The van der Waals surface area contributed by atoms with Gasteiger partial charge >= 0.3 is 5.97 Å². The van der Waals surface area contributed by atoms with Gasteiger partial charge in [0.15, 0.2) is 0 Å². The summed E-state index contributed by atoms with van der Waals surface area (Å²) in [5.41, 5.74) is 3.89. The number of rotatable bonds is 1. The van der Waals surface area contributed by atoms with E-state index >= 15 is 0 Å². The molecule has 2 aliphatic rings. The van der Waals surface area contributed by atoms with Crippen LogP contribution in [0.3, 0.4) is 0 Å². The summed E-state index contributed by atoms with van der Waals surface area (Å²) in [5, 5.41) is 9.18. The zero-order chi connectivity index (χ0) is 11.3. The largest absolute Gasteiger partial charge is 0.481 e. The van der Waals surface area contributed by atoms with Crippen LogP contribution >= 0.6 is 0 Å². The smallest absolute Gasteiger partial charge is 0.308 e. The molecule has 3 heteroatoms. The average Bonchev–Trinajstić information content (AvgIpc) is 2.76. The third kappa shape index (κ3) is 1.17. The zero-order valence-corrected chi connectivity index (χ0v) is 9.31. The van der Waals surface area contributed by atoms with E-state index in [1.165, 1.54) is 16.8 Å². The summed E-state index contributed by atoms with van der Waals surface area (Å²) in [5.74, 6) is -0.829. The van der Waals surface area contributed by atoms with E-state index in [4.69, 9.17) is 0 Å². The summed E-state index contributed by atoms with van der Waals surface area (Å²) in [7, 11) is 0. The second-order valence-electron chi connectivity index (χ2n) is 4.77. The van der Waals surface area contributed by atoms with Gasteiger partial charge in [-0.1, -0.05) is 12.1 Å². The standard InChI is InChI=1S/C13H15NO2/c1-8-3-2-4-11-10(8)7-12-9(13(15)16)5-6-14(11)12/h2-4,9,12H,5-7H2,1H3,(H,15,16). The maximum atomic E-state index is 11.2. The molecule has 0 aromatic heterocycles. The van der Waals surface area contributed by atoms with Crippen molar-refractivity contribution in [3.8, 4) is 0 Å². The molecule has 3 nitrogen and oxygen atoms in total. The number of carboxylic acids is 1. The van der Waals surface area contributed by atoms with Gasteiger partial charge in [-0.3, -0.25) is 4.79 Å². The maximum absolute atomic E-state index is 11.2. The number of anilines is 1. The van der Waals surface area contributed by atoms with Crippen LogP contribution in [0.2, 0.25) is 0 Å². The molecular formula is C13H15NO2. The van der Waals surface area contributed by atoms with Crippen LogP contribution in [0.15, 0.2) is 18.2 Å². The maximum Gasteiger partial charge on any atom is 0.308 e. The predicted molar refractivity (Wildman–Crippen MR) is 61.8 cm³/mol. The third-order valence-corrected chi connectivity index (χ3v) is 3.97. The number of carbonyl (C=O) groups is 1. The van der Waals surface area contributed by atoms with Gasteiger partial charge in [0.2, 0.25) is 0 Å². The second-order valence-corrected chi connectivity index (χ2v) is 4.77. The van der Waals surface area contributed by atoms with E-state index < -0.39 is 5.97 Å². The molecule has 0 bridgehead atoms. The van der Waals surface area contributed by atoms with Crippen molar-refractivity contribution in [3.63, 3.8) is 0 Å². The molecule has 1 fully saturated rings. The van der Waals surface area contributed by atoms with Crippen LogP contribution in [-0.2, 0) is 11.2 Å². The predicted octanol–water partition coefficient (Wildman–Crippen LogP) is 1.83. The normalized spacial score (nSPS) is 26.7. The Labute approximate surface area is 94.7 Å². The van der Waals surface area contributed by atoms with Crippen LogP contribution in [0.5, 0.6) is 0 Å². The van der Waals surface area contributed by atoms with Crippen molar-refractivity contribution in [2.45, 2.75) is 25.8 Å². The summed E-state index contributed by atoms with van der Waals surface area (Å²) in [4.78, 5) is 13.4. The fourth-order valence-corrected chi connectivity index (χ4v) is 3.12. The molecule has 0 radical (unpaired) electrons.